The molecule has 0 atom stereocenters. The van der Waals surface area contributed by atoms with Gasteiger partial charge in [-0.1, -0.05) is 12.8 Å². The van der Waals surface area contributed by atoms with E-state index in [-0.39, 0.29) is 17.6 Å². The Morgan fingerprint density at radius 2 is 1.89 bits per heavy atom. The molecule has 1 aromatic carbocycles. The number of amides is 1. The molecule has 1 aliphatic rings. The Hall–Kier alpha value is -1.45. The van der Waals surface area contributed by atoms with Crippen LogP contribution >= 0.6 is 0 Å². The second kappa shape index (κ2) is 5.68. The van der Waals surface area contributed by atoms with E-state index in [0.29, 0.717) is 0 Å². The molecule has 0 bridgehead atoms. The number of carbonyl (C=O) groups is 1. The van der Waals surface area contributed by atoms with Crippen LogP contribution in [0, 0.1) is 11.6 Å². The zero-order chi connectivity index (χ0) is 14.0. The van der Waals surface area contributed by atoms with Gasteiger partial charge in [-0.05, 0) is 44.9 Å². The average Bonchev–Trinajstić information content (AvgIpc) is 2.85. The summed E-state index contributed by atoms with van der Waals surface area (Å²) >= 11 is 0. The fraction of sp³-hybridized carbons (Fsp3) is 0.533. The zero-order valence-corrected chi connectivity index (χ0v) is 11.3. The molecule has 0 unspecified atom stereocenters. The molecule has 0 saturated heterocycles. The van der Waals surface area contributed by atoms with Gasteiger partial charge in [-0.15, -0.1) is 0 Å². The Morgan fingerprint density at radius 3 is 2.47 bits per heavy atom. The highest BCUT2D eigenvalue weighted by Crippen LogP contribution is 2.27. The SMILES string of the molecule is CC(C)N(C(=O)c1cc(F)ccc1F)C1CCCC1. The van der Waals surface area contributed by atoms with Crippen molar-refractivity contribution < 1.29 is 13.6 Å². The topological polar surface area (TPSA) is 20.3 Å². The first-order valence-corrected chi connectivity index (χ1v) is 6.78. The summed E-state index contributed by atoms with van der Waals surface area (Å²) in [4.78, 5) is 14.2. The highest BCUT2D eigenvalue weighted by atomic mass is 19.1. The molecule has 4 heteroatoms. The van der Waals surface area contributed by atoms with Gasteiger partial charge in [0.1, 0.15) is 11.6 Å². The molecule has 1 saturated carbocycles. The zero-order valence-electron chi connectivity index (χ0n) is 11.3. The third kappa shape index (κ3) is 2.94. The van der Waals surface area contributed by atoms with Gasteiger partial charge in [-0.3, -0.25) is 4.79 Å². The number of rotatable bonds is 3. The van der Waals surface area contributed by atoms with Crippen molar-refractivity contribution in [2.45, 2.75) is 51.6 Å². The van der Waals surface area contributed by atoms with Gasteiger partial charge in [-0.25, -0.2) is 8.78 Å². The van der Waals surface area contributed by atoms with Crippen LogP contribution in [0.4, 0.5) is 8.78 Å². The van der Waals surface area contributed by atoms with Crippen LogP contribution in [-0.2, 0) is 0 Å². The Labute approximate surface area is 112 Å². The first-order valence-electron chi connectivity index (χ1n) is 6.78. The molecule has 1 amide bonds. The van der Waals surface area contributed by atoms with E-state index in [1.807, 2.05) is 13.8 Å². The minimum absolute atomic E-state index is 0.0155. The molecule has 0 radical (unpaired) electrons. The number of hydrogen-bond acceptors (Lipinski definition) is 1. The molecule has 1 aromatic rings. The van der Waals surface area contributed by atoms with Gasteiger partial charge in [0.25, 0.3) is 5.91 Å². The van der Waals surface area contributed by atoms with Crippen molar-refractivity contribution in [1.82, 2.24) is 4.90 Å². The first-order chi connectivity index (χ1) is 9.00. The Bertz CT molecular complexity index is 467. The van der Waals surface area contributed by atoms with Crippen LogP contribution in [0.15, 0.2) is 18.2 Å². The Balaban J connectivity index is 2.30. The summed E-state index contributed by atoms with van der Waals surface area (Å²) in [7, 11) is 0. The molecular formula is C15H19F2NO. The number of hydrogen-bond donors (Lipinski definition) is 0. The van der Waals surface area contributed by atoms with Crippen molar-refractivity contribution in [3.63, 3.8) is 0 Å². The highest BCUT2D eigenvalue weighted by molar-refractivity contribution is 5.95. The molecule has 19 heavy (non-hydrogen) atoms. The van der Waals surface area contributed by atoms with Crippen LogP contribution in [0.5, 0.6) is 0 Å². The van der Waals surface area contributed by atoms with Crippen LogP contribution in [0.1, 0.15) is 49.9 Å². The Morgan fingerprint density at radius 1 is 1.26 bits per heavy atom. The average molecular weight is 267 g/mol. The van der Waals surface area contributed by atoms with Gasteiger partial charge in [0.05, 0.1) is 5.56 Å². The molecule has 1 fully saturated rings. The van der Waals surface area contributed by atoms with Crippen molar-refractivity contribution in [2.75, 3.05) is 0 Å². The lowest BCUT2D eigenvalue weighted by atomic mass is 10.1. The number of nitrogens with zero attached hydrogens (tertiary/aromatic N) is 1. The maximum atomic E-state index is 13.7. The van der Waals surface area contributed by atoms with Crippen molar-refractivity contribution in [2.24, 2.45) is 0 Å². The quantitative estimate of drug-likeness (QED) is 0.816. The van der Waals surface area contributed by atoms with E-state index < -0.39 is 17.5 Å². The van der Waals surface area contributed by atoms with Crippen LogP contribution < -0.4 is 0 Å². The third-order valence-electron chi connectivity index (χ3n) is 3.67. The van der Waals surface area contributed by atoms with E-state index >= 15 is 0 Å². The summed E-state index contributed by atoms with van der Waals surface area (Å²) in [6.07, 6.45) is 4.07. The van der Waals surface area contributed by atoms with E-state index in [0.717, 1.165) is 43.9 Å². The van der Waals surface area contributed by atoms with E-state index in [2.05, 4.69) is 0 Å². The van der Waals surface area contributed by atoms with E-state index in [1.54, 1.807) is 4.90 Å². The van der Waals surface area contributed by atoms with Gasteiger partial charge in [-0.2, -0.15) is 0 Å². The van der Waals surface area contributed by atoms with Crippen LogP contribution in [-0.4, -0.2) is 22.9 Å². The summed E-state index contributed by atoms with van der Waals surface area (Å²) in [5.41, 5.74) is -0.166. The molecule has 0 N–H and O–H groups in total. The normalized spacial score (nSPS) is 16.1. The Kier molecular flexibility index (Phi) is 4.17. The van der Waals surface area contributed by atoms with Crippen molar-refractivity contribution in [3.05, 3.63) is 35.4 Å². The summed E-state index contributed by atoms with van der Waals surface area (Å²) < 4.78 is 26.9. The number of halogens is 2. The van der Waals surface area contributed by atoms with Gasteiger partial charge in [0.15, 0.2) is 0 Å². The standard InChI is InChI=1S/C15H19F2NO/c1-10(2)18(12-5-3-4-6-12)15(19)13-9-11(16)7-8-14(13)17/h7-10,12H,3-6H2,1-2H3. The van der Waals surface area contributed by atoms with Gasteiger partial charge in [0, 0.05) is 12.1 Å². The highest BCUT2D eigenvalue weighted by Gasteiger charge is 2.30. The number of carbonyl (C=O) groups excluding carboxylic acids is 1. The predicted molar refractivity (Wildman–Crippen MR) is 69.9 cm³/mol. The lowest BCUT2D eigenvalue weighted by molar-refractivity contribution is 0.0608. The van der Waals surface area contributed by atoms with Gasteiger partial charge in [0.2, 0.25) is 0 Å². The monoisotopic (exact) mass is 267 g/mol. The minimum Gasteiger partial charge on any atom is -0.333 e. The molecule has 2 rings (SSSR count). The number of benzene rings is 1. The second-order valence-corrected chi connectivity index (χ2v) is 5.37. The second-order valence-electron chi connectivity index (χ2n) is 5.37. The van der Waals surface area contributed by atoms with Gasteiger partial charge < -0.3 is 4.90 Å². The predicted octanol–water partition coefficient (Wildman–Crippen LogP) is 3.76. The van der Waals surface area contributed by atoms with E-state index in [4.69, 9.17) is 0 Å². The summed E-state index contributed by atoms with van der Waals surface area (Å²) in [6, 6.07) is 3.16. The van der Waals surface area contributed by atoms with E-state index in [9.17, 15) is 13.6 Å². The minimum atomic E-state index is -0.657. The third-order valence-corrected chi connectivity index (χ3v) is 3.67. The van der Waals surface area contributed by atoms with E-state index in [1.165, 1.54) is 0 Å². The fourth-order valence-corrected chi connectivity index (χ4v) is 2.80. The largest absolute Gasteiger partial charge is 0.333 e. The summed E-state index contributed by atoms with van der Waals surface area (Å²) in [6.45, 7) is 3.82. The van der Waals surface area contributed by atoms with Gasteiger partial charge >= 0.3 is 0 Å². The molecule has 0 aliphatic heterocycles. The lowest BCUT2D eigenvalue weighted by Crippen LogP contribution is -2.44. The first kappa shape index (κ1) is 14.0. The maximum Gasteiger partial charge on any atom is 0.257 e. The van der Waals surface area contributed by atoms with Crippen LogP contribution in [0.3, 0.4) is 0 Å². The lowest BCUT2D eigenvalue weighted by Gasteiger charge is -2.33. The molecule has 0 heterocycles. The summed E-state index contributed by atoms with van der Waals surface area (Å²) in [5.74, 6) is -1.64. The van der Waals surface area contributed by atoms with Crippen molar-refractivity contribution >= 4 is 5.91 Å². The van der Waals surface area contributed by atoms with Crippen LogP contribution in [0.2, 0.25) is 0 Å². The fourth-order valence-electron chi connectivity index (χ4n) is 2.80. The molecule has 104 valence electrons. The maximum absolute atomic E-state index is 13.7. The summed E-state index contributed by atoms with van der Waals surface area (Å²) in [5, 5.41) is 0. The van der Waals surface area contributed by atoms with Crippen LogP contribution in [0.25, 0.3) is 0 Å². The van der Waals surface area contributed by atoms with Crippen molar-refractivity contribution in [1.29, 1.82) is 0 Å². The van der Waals surface area contributed by atoms with Crippen molar-refractivity contribution in [3.8, 4) is 0 Å². The molecule has 0 aromatic heterocycles. The molecular weight excluding hydrogens is 248 g/mol. The molecule has 1 aliphatic carbocycles. The molecule has 0 spiro atoms. The smallest absolute Gasteiger partial charge is 0.257 e. The molecule has 2 nitrogen and oxygen atoms in total.